The lowest BCUT2D eigenvalue weighted by atomic mass is 10.2. The van der Waals surface area contributed by atoms with E-state index >= 15 is 0 Å². The number of ether oxygens (including phenoxy) is 6. The van der Waals surface area contributed by atoms with Gasteiger partial charge in [-0.15, -0.1) is 0 Å². The van der Waals surface area contributed by atoms with Crippen molar-refractivity contribution in [3.63, 3.8) is 0 Å². The van der Waals surface area contributed by atoms with Gasteiger partial charge in [0.2, 0.25) is 0 Å². The highest BCUT2D eigenvalue weighted by atomic mass is 16.6. The molecule has 0 saturated heterocycles. The number of carbonyl (C=O) groups is 4. The first kappa shape index (κ1) is 29.3. The zero-order valence-electron chi connectivity index (χ0n) is 18.6. The average molecular weight is 459 g/mol. The van der Waals surface area contributed by atoms with Crippen molar-refractivity contribution in [3.8, 4) is 0 Å². The van der Waals surface area contributed by atoms with Gasteiger partial charge in [-0.25, -0.2) is 0 Å². The van der Waals surface area contributed by atoms with Gasteiger partial charge in [-0.2, -0.15) is 0 Å². The van der Waals surface area contributed by atoms with Crippen molar-refractivity contribution in [1.29, 1.82) is 0 Å². The van der Waals surface area contributed by atoms with Crippen LogP contribution in [0.3, 0.4) is 0 Å². The summed E-state index contributed by atoms with van der Waals surface area (Å²) in [6.45, 7) is 7.98. The molecule has 0 rings (SSSR count). The number of esters is 4. The molecule has 0 saturated carbocycles. The number of hydrogen-bond acceptors (Lipinski definition) is 10. The lowest BCUT2D eigenvalue weighted by Crippen LogP contribution is -2.15. The van der Waals surface area contributed by atoms with Gasteiger partial charge in [0.1, 0.15) is 13.2 Å². The lowest BCUT2D eigenvalue weighted by Gasteiger charge is -2.08. The molecule has 0 heterocycles. The van der Waals surface area contributed by atoms with Crippen molar-refractivity contribution in [2.45, 2.75) is 51.4 Å². The third-order valence-electron chi connectivity index (χ3n) is 3.81. The molecule has 0 aromatic rings. The first-order valence-electron chi connectivity index (χ1n) is 10.6. The van der Waals surface area contributed by atoms with E-state index in [1.807, 2.05) is 0 Å². The van der Waals surface area contributed by atoms with Crippen LogP contribution in [-0.4, -0.2) is 63.5 Å². The van der Waals surface area contributed by atoms with E-state index in [1.54, 1.807) is 0 Å². The highest BCUT2D eigenvalue weighted by molar-refractivity contribution is 5.71. The molecule has 0 aromatic carbocycles. The van der Waals surface area contributed by atoms with Crippen molar-refractivity contribution in [2.75, 3.05) is 39.6 Å². The Balaban J connectivity index is 3.36. The van der Waals surface area contributed by atoms with Gasteiger partial charge in [0.05, 0.1) is 39.0 Å². The highest BCUT2D eigenvalue weighted by Crippen LogP contribution is 2.04. The molecule has 0 aliphatic carbocycles. The molecule has 0 spiro atoms. The Morgan fingerprint density at radius 2 is 0.812 bits per heavy atom. The fourth-order valence-corrected chi connectivity index (χ4v) is 2.28. The van der Waals surface area contributed by atoms with Crippen molar-refractivity contribution >= 4 is 23.9 Å². The summed E-state index contributed by atoms with van der Waals surface area (Å²) in [6, 6.07) is 0. The van der Waals surface area contributed by atoms with E-state index in [4.69, 9.17) is 18.9 Å². The van der Waals surface area contributed by atoms with Gasteiger partial charge in [-0.1, -0.05) is 13.2 Å². The van der Waals surface area contributed by atoms with E-state index in [-0.39, 0.29) is 76.0 Å². The van der Waals surface area contributed by atoms with E-state index in [2.05, 4.69) is 22.6 Å². The predicted octanol–water partition coefficient (Wildman–Crippen LogP) is 2.60. The van der Waals surface area contributed by atoms with Gasteiger partial charge in [0, 0.05) is 25.7 Å². The fourth-order valence-electron chi connectivity index (χ4n) is 2.28. The Bertz CT molecular complexity index is 523. The van der Waals surface area contributed by atoms with Crippen LogP contribution in [0, 0.1) is 0 Å². The van der Waals surface area contributed by atoms with E-state index in [0.29, 0.717) is 38.9 Å². The standard InChI is InChI=1S/C22H34O10/c1-3-29-19(23)9-5-7-11-21(25)31-17-15-27-13-14-28-16-18-32-22(26)12-8-6-10-20(24)30-4-2/h3-4H,1-2,5-18H2. The fraction of sp³-hybridized carbons (Fsp3) is 0.636. The monoisotopic (exact) mass is 458 g/mol. The lowest BCUT2D eigenvalue weighted by molar-refractivity contribution is -0.147. The van der Waals surface area contributed by atoms with E-state index in [0.717, 1.165) is 12.5 Å². The Morgan fingerprint density at radius 3 is 1.16 bits per heavy atom. The van der Waals surface area contributed by atoms with Crippen molar-refractivity contribution < 1.29 is 47.6 Å². The van der Waals surface area contributed by atoms with Gasteiger partial charge in [0.25, 0.3) is 0 Å². The Hall–Kier alpha value is -2.72. The molecule has 10 nitrogen and oxygen atoms in total. The SMILES string of the molecule is C=COC(=O)CCCCC(=O)OCCOCCOCCOC(=O)CCCCC(=O)OC=C. The number of hydrogen-bond donors (Lipinski definition) is 0. The third-order valence-corrected chi connectivity index (χ3v) is 3.81. The Morgan fingerprint density at radius 1 is 0.500 bits per heavy atom. The molecule has 0 aliphatic rings. The first-order valence-corrected chi connectivity index (χ1v) is 10.6. The van der Waals surface area contributed by atoms with Gasteiger partial charge in [0.15, 0.2) is 0 Å². The normalized spacial score (nSPS) is 10.1. The van der Waals surface area contributed by atoms with Crippen LogP contribution in [0.1, 0.15) is 51.4 Å². The van der Waals surface area contributed by atoms with Crippen LogP contribution in [0.5, 0.6) is 0 Å². The molecule has 0 N–H and O–H groups in total. The topological polar surface area (TPSA) is 124 Å². The molecule has 32 heavy (non-hydrogen) atoms. The average Bonchev–Trinajstić information content (AvgIpc) is 2.76. The molecule has 182 valence electrons. The van der Waals surface area contributed by atoms with Crippen LogP contribution in [0.4, 0.5) is 0 Å². The van der Waals surface area contributed by atoms with E-state index in [1.165, 1.54) is 0 Å². The maximum absolute atomic E-state index is 11.5. The highest BCUT2D eigenvalue weighted by Gasteiger charge is 2.06. The Labute approximate surface area is 188 Å². The Kier molecular flexibility index (Phi) is 19.7. The summed E-state index contributed by atoms with van der Waals surface area (Å²) >= 11 is 0. The molecule has 0 unspecified atom stereocenters. The van der Waals surface area contributed by atoms with Crippen LogP contribution >= 0.6 is 0 Å². The summed E-state index contributed by atoms with van der Waals surface area (Å²) in [5.74, 6) is -1.44. The molecule has 0 radical (unpaired) electrons. The third kappa shape index (κ3) is 20.5. The summed E-state index contributed by atoms with van der Waals surface area (Å²) < 4.78 is 29.7. The summed E-state index contributed by atoms with van der Waals surface area (Å²) in [7, 11) is 0. The number of unbranched alkanes of at least 4 members (excludes halogenated alkanes) is 2. The summed E-state index contributed by atoms with van der Waals surface area (Å²) in [5.41, 5.74) is 0. The molecule has 0 aliphatic heterocycles. The summed E-state index contributed by atoms with van der Waals surface area (Å²) in [4.78, 5) is 45.2. The van der Waals surface area contributed by atoms with Crippen molar-refractivity contribution in [2.24, 2.45) is 0 Å². The molecule has 0 atom stereocenters. The zero-order chi connectivity index (χ0) is 23.9. The second-order valence-corrected chi connectivity index (χ2v) is 6.39. The van der Waals surface area contributed by atoms with E-state index in [9.17, 15) is 19.2 Å². The quantitative estimate of drug-likeness (QED) is 0.110. The second-order valence-electron chi connectivity index (χ2n) is 6.39. The zero-order valence-corrected chi connectivity index (χ0v) is 18.6. The molecule has 0 aromatic heterocycles. The number of carbonyl (C=O) groups excluding carboxylic acids is 4. The van der Waals surface area contributed by atoms with Gasteiger partial charge in [-0.3, -0.25) is 19.2 Å². The molecule has 0 amide bonds. The molecular weight excluding hydrogens is 424 g/mol. The second kappa shape index (κ2) is 21.5. The molecule has 0 fully saturated rings. The molecule has 0 bridgehead atoms. The maximum Gasteiger partial charge on any atom is 0.310 e. The summed E-state index contributed by atoms with van der Waals surface area (Å²) in [6.07, 6.45) is 5.23. The van der Waals surface area contributed by atoms with Crippen LogP contribution in [0.2, 0.25) is 0 Å². The van der Waals surface area contributed by atoms with E-state index < -0.39 is 0 Å². The minimum Gasteiger partial charge on any atom is -0.463 e. The maximum atomic E-state index is 11.5. The molecule has 10 heteroatoms. The van der Waals surface area contributed by atoms with Crippen LogP contribution in [-0.2, 0) is 47.6 Å². The van der Waals surface area contributed by atoms with Crippen LogP contribution < -0.4 is 0 Å². The predicted molar refractivity (Wildman–Crippen MR) is 113 cm³/mol. The van der Waals surface area contributed by atoms with Gasteiger partial charge < -0.3 is 28.4 Å². The molecular formula is C22H34O10. The van der Waals surface area contributed by atoms with Crippen molar-refractivity contribution in [1.82, 2.24) is 0 Å². The van der Waals surface area contributed by atoms with Gasteiger partial charge >= 0.3 is 23.9 Å². The number of rotatable bonds is 21. The van der Waals surface area contributed by atoms with Gasteiger partial charge in [-0.05, 0) is 25.7 Å². The minimum atomic E-state index is -0.373. The van der Waals surface area contributed by atoms with Crippen molar-refractivity contribution in [3.05, 3.63) is 25.7 Å². The largest absolute Gasteiger partial charge is 0.463 e. The van der Waals surface area contributed by atoms with Crippen LogP contribution in [0.25, 0.3) is 0 Å². The smallest absolute Gasteiger partial charge is 0.310 e. The first-order chi connectivity index (χ1) is 15.5. The van der Waals surface area contributed by atoms with Crippen LogP contribution in [0.15, 0.2) is 25.7 Å². The minimum absolute atomic E-state index is 0.139. The summed E-state index contributed by atoms with van der Waals surface area (Å²) in [5, 5.41) is 0.